The minimum Gasteiger partial charge on any atom is -0.481 e. The van der Waals surface area contributed by atoms with Gasteiger partial charge in [-0.25, -0.2) is 0 Å². The van der Waals surface area contributed by atoms with Gasteiger partial charge in [-0.2, -0.15) is 5.26 Å². The van der Waals surface area contributed by atoms with Gasteiger partial charge in [-0.3, -0.25) is 4.79 Å². The van der Waals surface area contributed by atoms with Crippen molar-refractivity contribution in [3.8, 4) is 6.07 Å². The van der Waals surface area contributed by atoms with Crippen molar-refractivity contribution in [1.82, 2.24) is 0 Å². The molecule has 0 radical (unpaired) electrons. The Morgan fingerprint density at radius 2 is 2.35 bits per heavy atom. The lowest BCUT2D eigenvalue weighted by Gasteiger charge is -2.03. The van der Waals surface area contributed by atoms with Gasteiger partial charge in [0.15, 0.2) is 0 Å². The van der Waals surface area contributed by atoms with Gasteiger partial charge in [0.25, 0.3) is 0 Å². The summed E-state index contributed by atoms with van der Waals surface area (Å²) in [5.74, 6) is -0.573. The molecule has 0 aliphatic heterocycles. The van der Waals surface area contributed by atoms with Crippen LogP contribution < -0.4 is 0 Å². The number of hydrogen-bond donors (Lipinski definition) is 1. The second-order valence-electron chi connectivity index (χ2n) is 4.19. The third-order valence-electron chi connectivity index (χ3n) is 3.24. The van der Waals surface area contributed by atoms with E-state index in [9.17, 15) is 4.79 Å². The fraction of sp³-hybridized carbons (Fsp3) is 0.231. The average Bonchev–Trinajstić information content (AvgIpc) is 2.86. The lowest BCUT2D eigenvalue weighted by molar-refractivity contribution is -0.138. The molecule has 2 aromatic rings. The summed E-state index contributed by atoms with van der Waals surface area (Å²) < 4.78 is 5.62. The second kappa shape index (κ2) is 3.36. The zero-order chi connectivity index (χ0) is 12.0. The van der Waals surface area contributed by atoms with E-state index in [0.717, 1.165) is 16.7 Å². The number of nitrogens with zero attached hydrogens (tertiary/aromatic N) is 1. The first-order chi connectivity index (χ1) is 8.20. The van der Waals surface area contributed by atoms with Gasteiger partial charge in [0.1, 0.15) is 11.3 Å². The summed E-state index contributed by atoms with van der Waals surface area (Å²) in [5, 5.41) is 18.8. The number of aryl methyl sites for hydroxylation is 1. The maximum absolute atomic E-state index is 11.2. The lowest BCUT2D eigenvalue weighted by atomic mass is 9.99. The molecule has 0 saturated carbocycles. The molecular formula is C13H9NO3. The molecule has 1 N–H and O–H groups in total. The Morgan fingerprint density at radius 3 is 3.06 bits per heavy atom. The minimum atomic E-state index is -0.825. The standard InChI is InChI=1S/C13H9NO3/c14-6-7-1-3-10-9(5-7)12-8(13(15)16)2-4-11(12)17-10/h1,3,5,8H,2,4H2,(H,15,16). The Morgan fingerprint density at radius 1 is 1.53 bits per heavy atom. The number of benzene rings is 1. The highest BCUT2D eigenvalue weighted by Gasteiger charge is 2.33. The predicted octanol–water partition coefficient (Wildman–Crippen LogP) is 2.42. The molecule has 1 atom stereocenters. The van der Waals surface area contributed by atoms with E-state index in [-0.39, 0.29) is 0 Å². The van der Waals surface area contributed by atoms with Crippen LogP contribution in [0.3, 0.4) is 0 Å². The quantitative estimate of drug-likeness (QED) is 0.811. The second-order valence-corrected chi connectivity index (χ2v) is 4.19. The predicted molar refractivity (Wildman–Crippen MR) is 59.6 cm³/mol. The summed E-state index contributed by atoms with van der Waals surface area (Å²) in [4.78, 5) is 11.2. The van der Waals surface area contributed by atoms with Crippen molar-refractivity contribution in [1.29, 1.82) is 5.26 Å². The molecule has 0 amide bonds. The van der Waals surface area contributed by atoms with Crippen LogP contribution in [0.15, 0.2) is 22.6 Å². The number of furan rings is 1. The largest absolute Gasteiger partial charge is 0.481 e. The van der Waals surface area contributed by atoms with Crippen molar-refractivity contribution in [2.75, 3.05) is 0 Å². The van der Waals surface area contributed by atoms with E-state index in [1.165, 1.54) is 0 Å². The molecule has 1 aliphatic rings. The highest BCUT2D eigenvalue weighted by atomic mass is 16.4. The van der Waals surface area contributed by atoms with Crippen LogP contribution in [0.25, 0.3) is 11.0 Å². The van der Waals surface area contributed by atoms with E-state index in [1.54, 1.807) is 18.2 Å². The summed E-state index contributed by atoms with van der Waals surface area (Å²) in [7, 11) is 0. The number of hydrogen-bond acceptors (Lipinski definition) is 3. The Kier molecular flexibility index (Phi) is 1.96. The zero-order valence-electron chi connectivity index (χ0n) is 8.93. The van der Waals surface area contributed by atoms with Crippen LogP contribution in [0, 0.1) is 11.3 Å². The molecule has 0 spiro atoms. The number of carboxylic acid groups (broad SMARTS) is 1. The first-order valence-corrected chi connectivity index (χ1v) is 5.39. The number of carbonyl (C=O) groups is 1. The molecule has 4 nitrogen and oxygen atoms in total. The third-order valence-corrected chi connectivity index (χ3v) is 3.24. The van der Waals surface area contributed by atoms with Crippen molar-refractivity contribution < 1.29 is 14.3 Å². The van der Waals surface area contributed by atoms with Crippen LogP contribution in [0.5, 0.6) is 0 Å². The summed E-state index contributed by atoms with van der Waals surface area (Å²) in [6.45, 7) is 0. The van der Waals surface area contributed by atoms with Gasteiger partial charge in [-0.1, -0.05) is 0 Å². The molecule has 0 saturated heterocycles. The minimum absolute atomic E-state index is 0.500. The molecule has 1 aromatic heterocycles. The van der Waals surface area contributed by atoms with Crippen molar-refractivity contribution in [2.24, 2.45) is 0 Å². The molecule has 1 aromatic carbocycles. The Hall–Kier alpha value is -2.28. The van der Waals surface area contributed by atoms with Crippen molar-refractivity contribution in [3.05, 3.63) is 35.1 Å². The number of aliphatic carboxylic acids is 1. The summed E-state index contributed by atoms with van der Waals surface area (Å²) in [5.41, 5.74) is 1.95. The van der Waals surface area contributed by atoms with Crippen LogP contribution in [-0.4, -0.2) is 11.1 Å². The van der Waals surface area contributed by atoms with E-state index in [2.05, 4.69) is 6.07 Å². The van der Waals surface area contributed by atoms with Crippen LogP contribution >= 0.6 is 0 Å². The number of carboxylic acids is 1. The van der Waals surface area contributed by atoms with E-state index in [0.29, 0.717) is 24.0 Å². The average molecular weight is 227 g/mol. The Balaban J connectivity index is 2.29. The third kappa shape index (κ3) is 1.32. The first-order valence-electron chi connectivity index (χ1n) is 5.39. The fourth-order valence-corrected chi connectivity index (χ4v) is 2.47. The molecule has 1 unspecified atom stereocenters. The summed E-state index contributed by atoms with van der Waals surface area (Å²) >= 11 is 0. The summed E-state index contributed by atoms with van der Waals surface area (Å²) in [6, 6.07) is 7.17. The molecule has 1 aliphatic carbocycles. The Labute approximate surface area is 97.1 Å². The molecule has 3 rings (SSSR count). The molecule has 0 fully saturated rings. The zero-order valence-corrected chi connectivity index (χ0v) is 8.93. The van der Waals surface area contributed by atoms with Gasteiger partial charge in [0, 0.05) is 17.4 Å². The molecule has 84 valence electrons. The lowest BCUT2D eigenvalue weighted by Crippen LogP contribution is -2.07. The van der Waals surface area contributed by atoms with Crippen molar-refractivity contribution in [3.63, 3.8) is 0 Å². The SMILES string of the molecule is N#Cc1ccc2oc3c(c2c1)C(C(=O)O)CC3. The normalized spacial score (nSPS) is 17.9. The Bertz CT molecular complexity index is 663. The number of rotatable bonds is 1. The van der Waals surface area contributed by atoms with Gasteiger partial charge in [0.05, 0.1) is 17.6 Å². The van der Waals surface area contributed by atoms with Gasteiger partial charge >= 0.3 is 5.97 Å². The molecule has 1 heterocycles. The molecular weight excluding hydrogens is 218 g/mol. The summed E-state index contributed by atoms with van der Waals surface area (Å²) in [6.07, 6.45) is 1.24. The number of fused-ring (bicyclic) bond motifs is 3. The van der Waals surface area contributed by atoms with Gasteiger partial charge in [-0.05, 0) is 24.6 Å². The van der Waals surface area contributed by atoms with Crippen molar-refractivity contribution >= 4 is 16.9 Å². The van der Waals surface area contributed by atoms with Crippen LogP contribution in [0.2, 0.25) is 0 Å². The van der Waals surface area contributed by atoms with Crippen molar-refractivity contribution in [2.45, 2.75) is 18.8 Å². The van der Waals surface area contributed by atoms with Gasteiger partial charge in [0.2, 0.25) is 0 Å². The smallest absolute Gasteiger partial charge is 0.311 e. The highest BCUT2D eigenvalue weighted by molar-refractivity contribution is 5.90. The maximum Gasteiger partial charge on any atom is 0.311 e. The topological polar surface area (TPSA) is 74.2 Å². The van der Waals surface area contributed by atoms with Crippen LogP contribution in [0.1, 0.15) is 29.2 Å². The fourth-order valence-electron chi connectivity index (χ4n) is 2.47. The van der Waals surface area contributed by atoms with E-state index >= 15 is 0 Å². The van der Waals surface area contributed by atoms with Gasteiger partial charge in [-0.15, -0.1) is 0 Å². The van der Waals surface area contributed by atoms with E-state index in [4.69, 9.17) is 14.8 Å². The molecule has 17 heavy (non-hydrogen) atoms. The van der Waals surface area contributed by atoms with E-state index in [1.807, 2.05) is 0 Å². The number of nitriles is 1. The van der Waals surface area contributed by atoms with Gasteiger partial charge < -0.3 is 9.52 Å². The van der Waals surface area contributed by atoms with Crippen LogP contribution in [-0.2, 0) is 11.2 Å². The highest BCUT2D eigenvalue weighted by Crippen LogP contribution is 2.40. The van der Waals surface area contributed by atoms with E-state index < -0.39 is 11.9 Å². The molecule has 0 bridgehead atoms. The monoisotopic (exact) mass is 227 g/mol. The first kappa shape index (κ1) is 9.91. The maximum atomic E-state index is 11.2. The van der Waals surface area contributed by atoms with Crippen LogP contribution in [0.4, 0.5) is 0 Å². The molecule has 4 heteroatoms.